The zero-order chi connectivity index (χ0) is 26.1. The smallest absolute Gasteiger partial charge is 0.133 e. The van der Waals surface area contributed by atoms with Crippen molar-refractivity contribution in [2.24, 2.45) is 5.92 Å². The van der Waals surface area contributed by atoms with Crippen LogP contribution in [0.4, 0.5) is 4.39 Å². The second kappa shape index (κ2) is 13.2. The number of rotatable bonds is 10. The molecule has 3 aromatic carbocycles. The van der Waals surface area contributed by atoms with Gasteiger partial charge in [-0.15, -0.1) is 0 Å². The number of halogens is 2. The molecule has 0 aliphatic rings. The van der Waals surface area contributed by atoms with Crippen LogP contribution in [0.25, 0.3) is 23.3 Å². The number of benzene rings is 3. The lowest BCUT2D eigenvalue weighted by Gasteiger charge is -2.22. The van der Waals surface area contributed by atoms with Crippen LogP contribution < -0.4 is 0 Å². The summed E-state index contributed by atoms with van der Waals surface area (Å²) in [6.45, 7) is 8.59. The van der Waals surface area contributed by atoms with Gasteiger partial charge >= 0.3 is 0 Å². The highest BCUT2D eigenvalue weighted by Gasteiger charge is 2.19. The summed E-state index contributed by atoms with van der Waals surface area (Å²) < 4.78 is 14.0. The summed E-state index contributed by atoms with van der Waals surface area (Å²) >= 11 is 6.62. The molecule has 0 aromatic heterocycles. The van der Waals surface area contributed by atoms with Gasteiger partial charge in [0.15, 0.2) is 0 Å². The van der Waals surface area contributed by atoms with E-state index in [9.17, 15) is 4.39 Å². The van der Waals surface area contributed by atoms with E-state index in [0.717, 1.165) is 46.2 Å². The molecule has 3 rings (SSSR count). The molecule has 36 heavy (non-hydrogen) atoms. The lowest BCUT2D eigenvalue weighted by molar-refractivity contribution is -0.465. The predicted octanol–water partition coefficient (Wildman–Crippen LogP) is 9.63. The number of allylic oxidation sites excluding steroid dienone is 3. The van der Waals surface area contributed by atoms with Gasteiger partial charge in [-0.25, -0.2) is 9.65 Å². The standard InChI is InChI=1S/C31H32ClFO3/c1-5-24(19-26-9-7-6-8-22(26)4)31(25-12-10-23(11-13-25)16-17-35-36-34)29(18-21(2)3)28-15-14-27(33)20-30(28)32/h6-17,19-21,34H,5,18H2,1-4H3/b17-16+,24-19+,31-29-. The molecule has 0 spiro atoms. The van der Waals surface area contributed by atoms with Gasteiger partial charge in [0.2, 0.25) is 0 Å². The second-order valence-electron chi connectivity index (χ2n) is 9.05. The van der Waals surface area contributed by atoms with E-state index < -0.39 is 0 Å². The van der Waals surface area contributed by atoms with Crippen molar-refractivity contribution in [1.29, 1.82) is 0 Å². The van der Waals surface area contributed by atoms with Crippen LogP contribution in [0.3, 0.4) is 0 Å². The van der Waals surface area contributed by atoms with Gasteiger partial charge in [0.1, 0.15) is 12.1 Å². The van der Waals surface area contributed by atoms with Crippen LogP contribution in [0.2, 0.25) is 5.02 Å². The van der Waals surface area contributed by atoms with Crippen molar-refractivity contribution in [1.82, 2.24) is 0 Å². The van der Waals surface area contributed by atoms with Gasteiger partial charge < -0.3 is 4.89 Å². The van der Waals surface area contributed by atoms with Crippen molar-refractivity contribution in [3.8, 4) is 0 Å². The van der Waals surface area contributed by atoms with E-state index in [0.29, 0.717) is 10.9 Å². The van der Waals surface area contributed by atoms with Crippen molar-refractivity contribution < 1.29 is 19.6 Å². The summed E-state index contributed by atoms with van der Waals surface area (Å²) in [4.78, 5) is 4.42. The Labute approximate surface area is 218 Å². The SMILES string of the molecule is CCC(=C\c1ccccc1C)/C(=C(\CC(C)C)c1ccc(F)cc1Cl)c1ccc(/C=C/OOO)cc1. The zero-order valence-electron chi connectivity index (χ0n) is 21.1. The molecule has 0 saturated carbocycles. The topological polar surface area (TPSA) is 38.7 Å². The van der Waals surface area contributed by atoms with Crippen LogP contribution in [-0.2, 0) is 9.93 Å². The van der Waals surface area contributed by atoms with Crippen LogP contribution in [0, 0.1) is 18.7 Å². The molecule has 1 N–H and O–H groups in total. The first-order chi connectivity index (χ1) is 17.3. The Balaban J connectivity index is 2.30. The van der Waals surface area contributed by atoms with Gasteiger partial charge in [0, 0.05) is 0 Å². The third kappa shape index (κ3) is 7.17. The molecular weight excluding hydrogens is 475 g/mol. The number of hydrogen-bond acceptors (Lipinski definition) is 3. The highest BCUT2D eigenvalue weighted by Crippen LogP contribution is 2.41. The average Bonchev–Trinajstić information content (AvgIpc) is 2.85. The van der Waals surface area contributed by atoms with Crippen LogP contribution in [-0.4, -0.2) is 5.26 Å². The molecular formula is C31H32ClFO3. The van der Waals surface area contributed by atoms with E-state index in [2.05, 4.69) is 55.8 Å². The Morgan fingerprint density at radius 3 is 2.39 bits per heavy atom. The molecule has 3 aromatic rings. The van der Waals surface area contributed by atoms with Gasteiger partial charge in [0.05, 0.1) is 5.02 Å². The number of hydrogen-bond donors (Lipinski definition) is 1. The average molecular weight is 507 g/mol. The Kier molecular flexibility index (Phi) is 10.1. The van der Waals surface area contributed by atoms with E-state index in [1.54, 1.807) is 12.1 Å². The molecule has 0 aliphatic heterocycles. The molecule has 0 bridgehead atoms. The van der Waals surface area contributed by atoms with Gasteiger partial charge in [-0.1, -0.05) is 93.0 Å². The first-order valence-electron chi connectivity index (χ1n) is 12.0. The minimum absolute atomic E-state index is 0.352. The largest absolute Gasteiger partial charge is 0.316 e. The van der Waals surface area contributed by atoms with Gasteiger partial charge in [0.25, 0.3) is 0 Å². The number of aryl methyl sites for hydroxylation is 1. The summed E-state index contributed by atoms with van der Waals surface area (Å²) in [5, 5.41) is 12.4. The molecule has 188 valence electrons. The third-order valence-corrected chi connectivity index (χ3v) is 6.26. The first kappa shape index (κ1) is 27.4. The summed E-state index contributed by atoms with van der Waals surface area (Å²) in [5.74, 6) is -0.00361. The maximum atomic E-state index is 14.0. The maximum absolute atomic E-state index is 14.0. The van der Waals surface area contributed by atoms with Crippen LogP contribution >= 0.6 is 11.6 Å². The van der Waals surface area contributed by atoms with Crippen molar-refractivity contribution in [2.45, 2.75) is 40.5 Å². The highest BCUT2D eigenvalue weighted by molar-refractivity contribution is 6.32. The molecule has 0 aliphatic carbocycles. The summed E-state index contributed by atoms with van der Waals surface area (Å²) in [6, 6.07) is 21.0. The predicted molar refractivity (Wildman–Crippen MR) is 147 cm³/mol. The fourth-order valence-electron chi connectivity index (χ4n) is 4.22. The third-order valence-electron chi connectivity index (χ3n) is 5.95. The van der Waals surface area contributed by atoms with E-state index in [1.807, 2.05) is 36.4 Å². The van der Waals surface area contributed by atoms with Crippen LogP contribution in [0.5, 0.6) is 0 Å². The highest BCUT2D eigenvalue weighted by atomic mass is 35.5. The zero-order valence-corrected chi connectivity index (χ0v) is 21.9. The Hall–Kier alpha value is -3.18. The van der Waals surface area contributed by atoms with E-state index in [4.69, 9.17) is 16.9 Å². The maximum Gasteiger partial charge on any atom is 0.133 e. The Bertz CT molecular complexity index is 1260. The van der Waals surface area contributed by atoms with E-state index >= 15 is 0 Å². The van der Waals surface area contributed by atoms with Crippen molar-refractivity contribution in [2.75, 3.05) is 0 Å². The molecule has 5 heteroatoms. The normalized spacial score (nSPS) is 12.8. The molecule has 0 unspecified atom stereocenters. The quantitative estimate of drug-likeness (QED) is 0.0977. The second-order valence-corrected chi connectivity index (χ2v) is 9.46. The monoisotopic (exact) mass is 506 g/mol. The lowest BCUT2D eigenvalue weighted by atomic mass is 9.83. The Morgan fingerprint density at radius 1 is 1.06 bits per heavy atom. The molecule has 3 nitrogen and oxygen atoms in total. The molecule has 0 fully saturated rings. The van der Waals surface area contributed by atoms with Gasteiger partial charge in [-0.3, -0.25) is 0 Å². The fraction of sp³-hybridized carbons (Fsp3) is 0.226. The summed E-state index contributed by atoms with van der Waals surface area (Å²) in [7, 11) is 0. The van der Waals surface area contributed by atoms with Gasteiger partial charge in [-0.2, -0.15) is 0 Å². The molecule has 0 atom stereocenters. The van der Waals surface area contributed by atoms with Crippen LogP contribution in [0.1, 0.15) is 61.4 Å². The van der Waals surface area contributed by atoms with Crippen molar-refractivity contribution >= 4 is 34.9 Å². The van der Waals surface area contributed by atoms with E-state index in [-0.39, 0.29) is 5.82 Å². The van der Waals surface area contributed by atoms with Crippen molar-refractivity contribution in [3.63, 3.8) is 0 Å². The molecule has 0 saturated heterocycles. The Morgan fingerprint density at radius 2 is 1.78 bits per heavy atom. The molecule has 0 heterocycles. The van der Waals surface area contributed by atoms with Gasteiger partial charge in [-0.05, 0) is 93.5 Å². The minimum Gasteiger partial charge on any atom is -0.316 e. The fourth-order valence-corrected chi connectivity index (χ4v) is 4.50. The molecule has 0 amide bonds. The van der Waals surface area contributed by atoms with E-state index in [1.165, 1.54) is 29.5 Å². The first-order valence-corrected chi connectivity index (χ1v) is 12.4. The lowest BCUT2D eigenvalue weighted by Crippen LogP contribution is -2.01. The van der Waals surface area contributed by atoms with Crippen molar-refractivity contribution in [3.05, 3.63) is 117 Å². The molecule has 0 radical (unpaired) electrons. The van der Waals surface area contributed by atoms with Crippen LogP contribution in [0.15, 0.2) is 78.6 Å². The minimum atomic E-state index is -0.356. The summed E-state index contributed by atoms with van der Waals surface area (Å²) in [5.41, 5.74) is 8.43. The summed E-state index contributed by atoms with van der Waals surface area (Å²) in [6.07, 6.45) is 6.74.